The molecule has 0 aliphatic carbocycles. The summed E-state index contributed by atoms with van der Waals surface area (Å²) < 4.78 is 13.1. The molecule has 13 heavy (non-hydrogen) atoms. The Morgan fingerprint density at radius 1 is 1.38 bits per heavy atom. The Morgan fingerprint density at radius 2 is 1.85 bits per heavy atom. The molecule has 0 saturated carbocycles. The Kier molecular flexibility index (Phi) is 2.66. The standard InChI is InChI=1S/C10H11FO2/c1-6-3-8(5-9(12)13)4-7(2)10(6)11/h3-4H,5H2,1-2H3,(H,12,13). The van der Waals surface area contributed by atoms with Crippen molar-refractivity contribution in [2.45, 2.75) is 20.3 Å². The van der Waals surface area contributed by atoms with Gasteiger partial charge in [-0.15, -0.1) is 0 Å². The fourth-order valence-corrected chi connectivity index (χ4v) is 1.31. The summed E-state index contributed by atoms with van der Waals surface area (Å²) in [7, 11) is 0. The smallest absolute Gasteiger partial charge is 0.307 e. The average molecular weight is 182 g/mol. The van der Waals surface area contributed by atoms with Gasteiger partial charge in [-0.25, -0.2) is 4.39 Å². The third-order valence-corrected chi connectivity index (χ3v) is 1.85. The highest BCUT2D eigenvalue weighted by atomic mass is 19.1. The minimum atomic E-state index is -0.898. The van der Waals surface area contributed by atoms with E-state index in [0.717, 1.165) is 0 Å². The fourth-order valence-electron chi connectivity index (χ4n) is 1.31. The summed E-state index contributed by atoms with van der Waals surface area (Å²) in [5.41, 5.74) is 1.64. The molecule has 0 saturated heterocycles. The van der Waals surface area contributed by atoms with Gasteiger partial charge in [0.25, 0.3) is 0 Å². The van der Waals surface area contributed by atoms with E-state index in [1.54, 1.807) is 26.0 Å². The molecule has 0 atom stereocenters. The molecule has 1 rings (SSSR count). The predicted octanol–water partition coefficient (Wildman–Crippen LogP) is 2.07. The maximum absolute atomic E-state index is 13.1. The van der Waals surface area contributed by atoms with E-state index in [4.69, 9.17) is 5.11 Å². The zero-order chi connectivity index (χ0) is 10.0. The van der Waals surface area contributed by atoms with E-state index in [2.05, 4.69) is 0 Å². The lowest BCUT2D eigenvalue weighted by atomic mass is 10.0. The van der Waals surface area contributed by atoms with E-state index >= 15 is 0 Å². The summed E-state index contributed by atoms with van der Waals surface area (Å²) in [4.78, 5) is 10.4. The third-order valence-electron chi connectivity index (χ3n) is 1.85. The number of halogens is 1. The maximum atomic E-state index is 13.1. The van der Waals surface area contributed by atoms with Gasteiger partial charge in [0.15, 0.2) is 0 Å². The Hall–Kier alpha value is -1.38. The molecule has 0 fully saturated rings. The first-order valence-electron chi connectivity index (χ1n) is 3.98. The van der Waals surface area contributed by atoms with E-state index in [0.29, 0.717) is 16.7 Å². The van der Waals surface area contributed by atoms with Crippen LogP contribution in [0.1, 0.15) is 16.7 Å². The average Bonchev–Trinajstić information content (AvgIpc) is 1.98. The number of aliphatic carboxylic acids is 1. The molecule has 0 aliphatic heterocycles. The summed E-state index contributed by atoms with van der Waals surface area (Å²) >= 11 is 0. The predicted molar refractivity (Wildman–Crippen MR) is 47.2 cm³/mol. The molecular formula is C10H11FO2. The molecule has 0 heterocycles. The number of carboxylic acids is 1. The Labute approximate surface area is 76.0 Å². The van der Waals surface area contributed by atoms with E-state index in [-0.39, 0.29) is 12.2 Å². The van der Waals surface area contributed by atoms with Crippen molar-refractivity contribution < 1.29 is 14.3 Å². The molecule has 0 bridgehead atoms. The molecule has 0 aliphatic rings. The van der Waals surface area contributed by atoms with E-state index in [1.807, 2.05) is 0 Å². The second-order valence-corrected chi connectivity index (χ2v) is 3.11. The zero-order valence-electron chi connectivity index (χ0n) is 7.60. The monoisotopic (exact) mass is 182 g/mol. The van der Waals surface area contributed by atoms with Gasteiger partial charge in [-0.2, -0.15) is 0 Å². The van der Waals surface area contributed by atoms with Crippen molar-refractivity contribution in [2.24, 2.45) is 0 Å². The van der Waals surface area contributed by atoms with Crippen LogP contribution in [0.5, 0.6) is 0 Å². The van der Waals surface area contributed by atoms with Crippen LogP contribution in [0, 0.1) is 19.7 Å². The van der Waals surface area contributed by atoms with Gasteiger partial charge in [0.1, 0.15) is 5.82 Å². The van der Waals surface area contributed by atoms with Crippen molar-refractivity contribution >= 4 is 5.97 Å². The van der Waals surface area contributed by atoms with Gasteiger partial charge in [-0.3, -0.25) is 4.79 Å². The second kappa shape index (κ2) is 3.56. The molecular weight excluding hydrogens is 171 g/mol. The molecule has 1 N–H and O–H groups in total. The van der Waals surface area contributed by atoms with Gasteiger partial charge in [0.05, 0.1) is 6.42 Å². The zero-order valence-corrected chi connectivity index (χ0v) is 7.60. The first-order valence-corrected chi connectivity index (χ1v) is 3.98. The number of carbonyl (C=O) groups is 1. The van der Waals surface area contributed by atoms with Crippen molar-refractivity contribution in [2.75, 3.05) is 0 Å². The fraction of sp³-hybridized carbons (Fsp3) is 0.300. The van der Waals surface area contributed by atoms with Gasteiger partial charge in [-0.1, -0.05) is 12.1 Å². The minimum absolute atomic E-state index is 0.0536. The normalized spacial score (nSPS) is 10.1. The number of hydrogen-bond donors (Lipinski definition) is 1. The van der Waals surface area contributed by atoms with Crippen LogP contribution in [0.4, 0.5) is 4.39 Å². The molecule has 0 radical (unpaired) electrons. The number of rotatable bonds is 2. The number of hydrogen-bond acceptors (Lipinski definition) is 1. The van der Waals surface area contributed by atoms with Crippen molar-refractivity contribution in [3.63, 3.8) is 0 Å². The molecule has 0 unspecified atom stereocenters. The van der Waals surface area contributed by atoms with Crippen LogP contribution < -0.4 is 0 Å². The van der Waals surface area contributed by atoms with Gasteiger partial charge in [-0.05, 0) is 30.5 Å². The highest BCUT2D eigenvalue weighted by molar-refractivity contribution is 5.70. The SMILES string of the molecule is Cc1cc(CC(=O)O)cc(C)c1F. The molecule has 2 nitrogen and oxygen atoms in total. The molecule has 70 valence electrons. The highest BCUT2D eigenvalue weighted by Crippen LogP contribution is 2.14. The van der Waals surface area contributed by atoms with Crippen LogP contribution in [-0.2, 0) is 11.2 Å². The van der Waals surface area contributed by atoms with Gasteiger partial charge in [0, 0.05) is 0 Å². The number of benzene rings is 1. The molecule has 3 heteroatoms. The topological polar surface area (TPSA) is 37.3 Å². The van der Waals surface area contributed by atoms with E-state index in [1.165, 1.54) is 0 Å². The van der Waals surface area contributed by atoms with E-state index in [9.17, 15) is 9.18 Å². The molecule has 0 amide bonds. The van der Waals surface area contributed by atoms with Gasteiger partial charge in [0.2, 0.25) is 0 Å². The Bertz CT molecular complexity index is 322. The summed E-state index contributed by atoms with van der Waals surface area (Å²) in [6, 6.07) is 3.13. The summed E-state index contributed by atoms with van der Waals surface area (Å²) in [5, 5.41) is 8.52. The lowest BCUT2D eigenvalue weighted by Gasteiger charge is -2.04. The lowest BCUT2D eigenvalue weighted by Crippen LogP contribution is -2.01. The third kappa shape index (κ3) is 2.28. The molecule has 1 aromatic carbocycles. The number of carboxylic acid groups (broad SMARTS) is 1. The van der Waals surface area contributed by atoms with Crippen molar-refractivity contribution in [1.82, 2.24) is 0 Å². The van der Waals surface area contributed by atoms with Gasteiger partial charge >= 0.3 is 5.97 Å². The largest absolute Gasteiger partial charge is 0.481 e. The minimum Gasteiger partial charge on any atom is -0.481 e. The molecule has 0 aromatic heterocycles. The second-order valence-electron chi connectivity index (χ2n) is 3.11. The van der Waals surface area contributed by atoms with Crippen LogP contribution in [-0.4, -0.2) is 11.1 Å². The molecule has 1 aromatic rings. The molecule has 0 spiro atoms. The van der Waals surface area contributed by atoms with Crippen LogP contribution in [0.25, 0.3) is 0 Å². The van der Waals surface area contributed by atoms with Crippen LogP contribution in [0.15, 0.2) is 12.1 Å². The van der Waals surface area contributed by atoms with E-state index < -0.39 is 5.97 Å². The van der Waals surface area contributed by atoms with Crippen molar-refractivity contribution in [3.05, 3.63) is 34.6 Å². The van der Waals surface area contributed by atoms with Crippen LogP contribution >= 0.6 is 0 Å². The summed E-state index contributed by atoms with van der Waals surface area (Å²) in [6.07, 6.45) is -0.0536. The Morgan fingerprint density at radius 3 is 2.23 bits per heavy atom. The van der Waals surface area contributed by atoms with Crippen molar-refractivity contribution in [1.29, 1.82) is 0 Å². The summed E-state index contributed by atoms with van der Waals surface area (Å²) in [5.74, 6) is -1.15. The van der Waals surface area contributed by atoms with Crippen molar-refractivity contribution in [3.8, 4) is 0 Å². The Balaban J connectivity index is 3.06. The summed E-state index contributed by atoms with van der Waals surface area (Å²) in [6.45, 7) is 3.27. The first-order chi connectivity index (χ1) is 6.00. The van der Waals surface area contributed by atoms with Crippen LogP contribution in [0.3, 0.4) is 0 Å². The first kappa shape index (κ1) is 9.71. The highest BCUT2D eigenvalue weighted by Gasteiger charge is 2.06. The lowest BCUT2D eigenvalue weighted by molar-refractivity contribution is -0.136. The van der Waals surface area contributed by atoms with Gasteiger partial charge < -0.3 is 5.11 Å². The van der Waals surface area contributed by atoms with Crippen LogP contribution in [0.2, 0.25) is 0 Å². The number of aryl methyl sites for hydroxylation is 2. The quantitative estimate of drug-likeness (QED) is 0.760. The maximum Gasteiger partial charge on any atom is 0.307 e.